The van der Waals surface area contributed by atoms with Crippen LogP contribution in [0.5, 0.6) is 11.5 Å². The van der Waals surface area contributed by atoms with Crippen molar-refractivity contribution in [3.63, 3.8) is 0 Å². The first-order valence-electron chi connectivity index (χ1n) is 9.58. The Hall–Kier alpha value is -2.80. The molecule has 0 unspecified atom stereocenters. The summed E-state index contributed by atoms with van der Waals surface area (Å²) in [5.74, 6) is 0.214. The zero-order valence-electron chi connectivity index (χ0n) is 16.9. The Labute approximate surface area is 175 Å². The maximum Gasteiger partial charge on any atom is 0.317 e. The van der Waals surface area contributed by atoms with E-state index in [9.17, 15) is 4.79 Å². The summed E-state index contributed by atoms with van der Waals surface area (Å²) in [6.07, 6.45) is 0.939. The van der Waals surface area contributed by atoms with Crippen LogP contribution in [-0.4, -0.2) is 31.0 Å². The molecule has 0 aliphatic carbocycles. The van der Waals surface area contributed by atoms with Crippen molar-refractivity contribution in [2.24, 2.45) is 5.92 Å². The molecule has 7 heteroatoms. The zero-order chi connectivity index (χ0) is 20.8. The topological polar surface area (TPSA) is 60.0 Å². The molecule has 0 radical (unpaired) electrons. The van der Waals surface area contributed by atoms with Gasteiger partial charge in [-0.3, -0.25) is 9.69 Å². The fourth-order valence-corrected chi connectivity index (χ4v) is 4.70. The number of hydrogen-bond acceptors (Lipinski definition) is 5. The van der Waals surface area contributed by atoms with Gasteiger partial charge in [-0.2, -0.15) is 0 Å². The van der Waals surface area contributed by atoms with E-state index in [2.05, 4.69) is 24.4 Å². The van der Waals surface area contributed by atoms with Gasteiger partial charge in [-0.1, -0.05) is 31.2 Å². The molecule has 4 rings (SSSR count). The molecule has 3 atom stereocenters. The number of fused-ring (bicyclic) bond motifs is 4. The number of thiocarbonyl (C=S) groups is 1. The van der Waals surface area contributed by atoms with E-state index < -0.39 is 11.6 Å². The van der Waals surface area contributed by atoms with Crippen molar-refractivity contribution in [2.75, 3.05) is 19.1 Å². The van der Waals surface area contributed by atoms with Crippen molar-refractivity contribution < 1.29 is 19.0 Å². The van der Waals surface area contributed by atoms with Crippen LogP contribution in [0.4, 0.5) is 5.69 Å². The highest BCUT2D eigenvalue weighted by molar-refractivity contribution is 7.80. The summed E-state index contributed by atoms with van der Waals surface area (Å²) in [7, 11) is 2.99. The summed E-state index contributed by atoms with van der Waals surface area (Å²) in [6.45, 7) is 3.98. The number of nitrogens with zero attached hydrogens (tertiary/aromatic N) is 1. The Balaban J connectivity index is 1.90. The molecule has 0 saturated carbocycles. The average Bonchev–Trinajstić information content (AvgIpc) is 2.72. The van der Waals surface area contributed by atoms with E-state index in [1.54, 1.807) is 7.11 Å². The summed E-state index contributed by atoms with van der Waals surface area (Å²) in [5.41, 5.74) is 1.79. The number of anilines is 1. The number of carbonyl (C=O) groups is 1. The highest BCUT2D eigenvalue weighted by atomic mass is 32.1. The molecule has 152 valence electrons. The predicted octanol–water partition coefficient (Wildman–Crippen LogP) is 3.59. The minimum atomic E-state index is -1.09. The quantitative estimate of drug-likeness (QED) is 0.608. The van der Waals surface area contributed by atoms with Crippen LogP contribution in [0.15, 0.2) is 42.5 Å². The Morgan fingerprint density at radius 2 is 1.97 bits per heavy atom. The van der Waals surface area contributed by atoms with Gasteiger partial charge >= 0.3 is 5.97 Å². The number of rotatable bonds is 4. The van der Waals surface area contributed by atoms with Crippen molar-refractivity contribution >= 4 is 29.0 Å². The third-order valence-electron chi connectivity index (χ3n) is 5.77. The van der Waals surface area contributed by atoms with E-state index >= 15 is 0 Å². The lowest BCUT2D eigenvalue weighted by molar-refractivity contribution is -0.157. The number of para-hydroxylation sites is 1. The molecule has 2 bridgehead atoms. The summed E-state index contributed by atoms with van der Waals surface area (Å²) >= 11 is 5.71. The van der Waals surface area contributed by atoms with Crippen LogP contribution in [0.25, 0.3) is 0 Å². The summed E-state index contributed by atoms with van der Waals surface area (Å²) in [4.78, 5) is 14.7. The lowest BCUT2D eigenvalue weighted by Crippen LogP contribution is -2.71. The molecule has 2 aromatic rings. The van der Waals surface area contributed by atoms with E-state index in [1.165, 1.54) is 12.7 Å². The van der Waals surface area contributed by atoms with Crippen LogP contribution in [0.3, 0.4) is 0 Å². The average molecular weight is 413 g/mol. The van der Waals surface area contributed by atoms with Gasteiger partial charge in [0.1, 0.15) is 5.92 Å². The first kappa shape index (κ1) is 19.5. The molecule has 0 aromatic heterocycles. The van der Waals surface area contributed by atoms with E-state index in [4.69, 9.17) is 26.4 Å². The first-order chi connectivity index (χ1) is 13.9. The highest BCUT2D eigenvalue weighted by Gasteiger charge is 2.60. The molecular formula is C22H24N2O4S. The zero-order valence-corrected chi connectivity index (χ0v) is 17.7. The van der Waals surface area contributed by atoms with Crippen LogP contribution in [0.1, 0.15) is 31.0 Å². The summed E-state index contributed by atoms with van der Waals surface area (Å²) in [5, 5.41) is 3.84. The first-order valence-corrected chi connectivity index (χ1v) is 9.98. The van der Waals surface area contributed by atoms with Crippen LogP contribution in [0, 0.1) is 5.92 Å². The number of esters is 1. The molecule has 1 fully saturated rings. The van der Waals surface area contributed by atoms with Gasteiger partial charge in [0.25, 0.3) is 0 Å². The second kappa shape index (κ2) is 7.22. The molecule has 1 N–H and O–H groups in total. The van der Waals surface area contributed by atoms with Crippen LogP contribution in [-0.2, 0) is 16.0 Å². The second-order valence-corrected chi connectivity index (χ2v) is 7.71. The summed E-state index contributed by atoms with van der Waals surface area (Å²) < 4.78 is 17.2. The lowest BCUT2D eigenvalue weighted by atomic mass is 9.79. The third kappa shape index (κ3) is 2.92. The largest absolute Gasteiger partial charge is 0.493 e. The molecule has 0 spiro atoms. The number of carbonyl (C=O) groups excluding carboxylic acids is 1. The Morgan fingerprint density at radius 3 is 2.59 bits per heavy atom. The second-order valence-electron chi connectivity index (χ2n) is 7.32. The predicted molar refractivity (Wildman–Crippen MR) is 114 cm³/mol. The molecule has 2 heterocycles. The van der Waals surface area contributed by atoms with Gasteiger partial charge in [-0.25, -0.2) is 0 Å². The van der Waals surface area contributed by atoms with Gasteiger partial charge < -0.3 is 19.5 Å². The van der Waals surface area contributed by atoms with Gasteiger partial charge in [0, 0.05) is 11.3 Å². The smallest absolute Gasteiger partial charge is 0.317 e. The van der Waals surface area contributed by atoms with Crippen molar-refractivity contribution in [1.29, 1.82) is 0 Å². The monoisotopic (exact) mass is 412 g/mol. The van der Waals surface area contributed by atoms with E-state index in [0.717, 1.165) is 17.7 Å². The van der Waals surface area contributed by atoms with E-state index in [-0.39, 0.29) is 12.0 Å². The Bertz CT molecular complexity index is 962. The Morgan fingerprint density at radius 1 is 1.24 bits per heavy atom. The minimum Gasteiger partial charge on any atom is -0.493 e. The SMILES string of the molecule is CCc1ccc(N2C(=S)N[C@H]3c4cccc(OC)c4O[C@@]2(C)[C@H]3C(=O)OC)cc1. The van der Waals surface area contributed by atoms with Gasteiger partial charge in [0.05, 0.1) is 20.3 Å². The number of nitrogens with one attached hydrogen (secondary N) is 1. The summed E-state index contributed by atoms with van der Waals surface area (Å²) in [6, 6.07) is 13.3. The molecule has 29 heavy (non-hydrogen) atoms. The van der Waals surface area contributed by atoms with Crippen LogP contribution < -0.4 is 19.7 Å². The molecule has 0 amide bonds. The van der Waals surface area contributed by atoms with Crippen molar-refractivity contribution in [1.82, 2.24) is 5.32 Å². The minimum absolute atomic E-state index is 0.365. The standard InChI is InChI=1S/C22H24N2O4S/c1-5-13-9-11-14(12-10-13)24-21(29)23-18-15-7-6-8-16(26-3)19(15)28-22(24,2)17(18)20(25)27-4/h6-12,17-18H,5H2,1-4H3,(H,23,29)/t17-,18+,22+/m1/s1. The maximum absolute atomic E-state index is 12.9. The lowest BCUT2D eigenvalue weighted by Gasteiger charge is -2.55. The van der Waals surface area contributed by atoms with Gasteiger partial charge in [-0.05, 0) is 49.3 Å². The van der Waals surface area contributed by atoms with Crippen molar-refractivity contribution in [3.05, 3.63) is 53.6 Å². The number of methoxy groups -OCH3 is 2. The van der Waals surface area contributed by atoms with Gasteiger partial charge in [0.2, 0.25) is 5.72 Å². The molecule has 1 saturated heterocycles. The molecule has 2 aliphatic rings. The molecule has 6 nitrogen and oxygen atoms in total. The fourth-order valence-electron chi connectivity index (χ4n) is 4.29. The van der Waals surface area contributed by atoms with Crippen molar-refractivity contribution in [3.8, 4) is 11.5 Å². The van der Waals surface area contributed by atoms with Crippen molar-refractivity contribution in [2.45, 2.75) is 32.0 Å². The molecular weight excluding hydrogens is 388 g/mol. The third-order valence-corrected chi connectivity index (χ3v) is 6.07. The number of ether oxygens (including phenoxy) is 3. The van der Waals surface area contributed by atoms with Gasteiger partial charge in [0.15, 0.2) is 16.6 Å². The molecule has 2 aromatic carbocycles. The maximum atomic E-state index is 12.9. The van der Waals surface area contributed by atoms with Crippen LogP contribution in [0.2, 0.25) is 0 Å². The number of aryl methyl sites for hydroxylation is 1. The number of benzene rings is 2. The Kier molecular flexibility index (Phi) is 4.86. The fraction of sp³-hybridized carbons (Fsp3) is 0.364. The van der Waals surface area contributed by atoms with E-state index in [0.29, 0.717) is 16.6 Å². The van der Waals surface area contributed by atoms with Gasteiger partial charge in [-0.15, -0.1) is 0 Å². The molecule has 2 aliphatic heterocycles. The normalized spacial score (nSPS) is 24.8. The number of hydrogen-bond donors (Lipinski definition) is 1. The van der Waals surface area contributed by atoms with Crippen LogP contribution >= 0.6 is 12.2 Å². The van der Waals surface area contributed by atoms with E-state index in [1.807, 2.05) is 42.2 Å². The highest BCUT2D eigenvalue weighted by Crippen LogP contribution is 2.52.